The second-order valence-corrected chi connectivity index (χ2v) is 8.98. The summed E-state index contributed by atoms with van der Waals surface area (Å²) in [7, 11) is -3.97. The molecule has 0 aromatic heterocycles. The maximum atomic E-state index is 13.1. The Morgan fingerprint density at radius 2 is 1.83 bits per heavy atom. The van der Waals surface area contributed by atoms with Crippen molar-refractivity contribution >= 4 is 21.8 Å². The van der Waals surface area contributed by atoms with Crippen molar-refractivity contribution in [2.75, 3.05) is 39.3 Å². The van der Waals surface area contributed by atoms with Crippen LogP contribution < -0.4 is 5.32 Å². The Balaban J connectivity index is 1.74. The molecule has 0 bridgehead atoms. The van der Waals surface area contributed by atoms with Crippen molar-refractivity contribution in [2.45, 2.75) is 24.3 Å². The topological polar surface area (TPSA) is 110 Å². The lowest BCUT2D eigenvalue weighted by molar-refractivity contribution is -0.137. The summed E-state index contributed by atoms with van der Waals surface area (Å²) in [6.45, 7) is 4.70. The second kappa shape index (κ2) is 8.93. The number of β-amino-alcohol motifs (C(OH)–C–C–N with tert-alkyl or cyclic N) is 1. The Morgan fingerprint density at radius 3 is 2.45 bits per heavy atom. The third kappa shape index (κ3) is 4.77. The summed E-state index contributed by atoms with van der Waals surface area (Å²) in [6, 6.07) is 5.21. The number of nitrogens with zero attached hydrogens (tertiary/aromatic N) is 3. The van der Waals surface area contributed by atoms with Crippen LogP contribution in [0.3, 0.4) is 0 Å². The van der Waals surface area contributed by atoms with Gasteiger partial charge in [-0.05, 0) is 19.1 Å². The molecule has 9 nitrogen and oxygen atoms in total. The largest absolute Gasteiger partial charge is 0.395 e. The average molecular weight is 423 g/mol. The Morgan fingerprint density at radius 1 is 1.17 bits per heavy atom. The van der Waals surface area contributed by atoms with Gasteiger partial charge in [0.15, 0.2) is 0 Å². The summed E-state index contributed by atoms with van der Waals surface area (Å²) in [6.07, 6.45) is 2.32. The summed E-state index contributed by atoms with van der Waals surface area (Å²) >= 11 is 0. The van der Waals surface area contributed by atoms with Crippen molar-refractivity contribution < 1.29 is 23.1 Å². The van der Waals surface area contributed by atoms with E-state index < -0.39 is 22.0 Å². The molecule has 1 aromatic carbocycles. The fourth-order valence-corrected chi connectivity index (χ4v) is 4.88. The van der Waals surface area contributed by atoms with Crippen molar-refractivity contribution in [3.8, 4) is 0 Å². The number of nitrogens with one attached hydrogen (secondary N) is 1. The first-order chi connectivity index (χ1) is 13.8. The Kier molecular flexibility index (Phi) is 6.56. The fourth-order valence-electron chi connectivity index (χ4n) is 3.43. The first-order valence-corrected chi connectivity index (χ1v) is 10.9. The van der Waals surface area contributed by atoms with Crippen LogP contribution in [0.4, 0.5) is 0 Å². The van der Waals surface area contributed by atoms with Gasteiger partial charge < -0.3 is 15.3 Å². The number of hydrogen-bond acceptors (Lipinski definition) is 6. The van der Waals surface area contributed by atoms with Crippen LogP contribution in [0.2, 0.25) is 0 Å². The quantitative estimate of drug-likeness (QED) is 0.639. The minimum absolute atomic E-state index is 0.0638. The highest BCUT2D eigenvalue weighted by atomic mass is 32.2. The molecular weight excluding hydrogens is 396 g/mol. The van der Waals surface area contributed by atoms with Crippen molar-refractivity contribution in [3.05, 3.63) is 42.2 Å². The predicted molar refractivity (Wildman–Crippen MR) is 106 cm³/mol. The van der Waals surface area contributed by atoms with Gasteiger partial charge in [0.1, 0.15) is 6.04 Å². The number of aryl methyl sites for hydroxylation is 1. The molecular formula is C19H26N4O5S. The number of amides is 2. The first-order valence-electron chi connectivity index (χ1n) is 9.51. The molecule has 1 atom stereocenters. The van der Waals surface area contributed by atoms with E-state index >= 15 is 0 Å². The number of hydrogen-bond donors (Lipinski definition) is 2. The van der Waals surface area contributed by atoms with Gasteiger partial charge in [-0.1, -0.05) is 17.7 Å². The summed E-state index contributed by atoms with van der Waals surface area (Å²) in [5.41, 5.74) is 0.919. The first kappa shape index (κ1) is 21.3. The minimum Gasteiger partial charge on any atom is -0.395 e. The number of benzene rings is 1. The molecule has 0 unspecified atom stereocenters. The molecule has 1 fully saturated rings. The van der Waals surface area contributed by atoms with E-state index in [4.69, 9.17) is 5.11 Å². The number of carbonyl (C=O) groups is 2. The molecule has 10 heteroatoms. The van der Waals surface area contributed by atoms with E-state index in [1.165, 1.54) is 24.5 Å². The average Bonchev–Trinajstić information content (AvgIpc) is 2.70. The maximum absolute atomic E-state index is 13.1. The van der Waals surface area contributed by atoms with Crippen LogP contribution in [0.5, 0.6) is 0 Å². The number of rotatable bonds is 6. The van der Waals surface area contributed by atoms with Crippen molar-refractivity contribution in [1.82, 2.24) is 19.4 Å². The fraction of sp³-hybridized carbons (Fsp3) is 0.474. The summed E-state index contributed by atoms with van der Waals surface area (Å²) in [4.78, 5) is 28.9. The summed E-state index contributed by atoms with van der Waals surface area (Å²) in [5.74, 6) is -0.802. The summed E-state index contributed by atoms with van der Waals surface area (Å²) < 4.78 is 27.1. The van der Waals surface area contributed by atoms with E-state index in [0.717, 1.165) is 9.87 Å². The number of piperazine rings is 1. The van der Waals surface area contributed by atoms with Crippen LogP contribution in [0.25, 0.3) is 0 Å². The van der Waals surface area contributed by atoms with Gasteiger partial charge in [0, 0.05) is 45.1 Å². The lowest BCUT2D eigenvalue weighted by atomic mass is 10.1. The molecule has 2 heterocycles. The number of carbonyl (C=O) groups excluding carboxylic acids is 2. The van der Waals surface area contributed by atoms with Crippen molar-refractivity contribution in [1.29, 1.82) is 0 Å². The highest BCUT2D eigenvalue weighted by Crippen LogP contribution is 2.23. The molecule has 1 saturated heterocycles. The molecule has 2 amide bonds. The Labute approximate surface area is 170 Å². The summed E-state index contributed by atoms with van der Waals surface area (Å²) in [5, 5.41) is 11.5. The van der Waals surface area contributed by atoms with Crippen LogP contribution in [0.15, 0.2) is 41.6 Å². The van der Waals surface area contributed by atoms with E-state index in [0.29, 0.717) is 32.7 Å². The van der Waals surface area contributed by atoms with Gasteiger partial charge >= 0.3 is 0 Å². The molecule has 2 aliphatic heterocycles. The van der Waals surface area contributed by atoms with Crippen LogP contribution in [-0.4, -0.2) is 84.8 Å². The molecule has 2 N–H and O–H groups in total. The van der Waals surface area contributed by atoms with E-state index in [-0.39, 0.29) is 23.8 Å². The van der Waals surface area contributed by atoms with Gasteiger partial charge in [0.2, 0.25) is 11.8 Å². The van der Waals surface area contributed by atoms with Crippen LogP contribution in [0, 0.1) is 6.92 Å². The second-order valence-electron chi connectivity index (χ2n) is 7.14. The molecule has 0 saturated carbocycles. The van der Waals surface area contributed by atoms with Gasteiger partial charge in [0.05, 0.1) is 17.9 Å². The zero-order valence-electron chi connectivity index (χ0n) is 16.3. The van der Waals surface area contributed by atoms with E-state index in [1.54, 1.807) is 17.0 Å². The third-order valence-electron chi connectivity index (χ3n) is 5.16. The molecule has 158 valence electrons. The SMILES string of the molecule is Cc1ccc(S(=O)(=O)N2C=CNC(=O)[C@H]2CC(=O)N2CCN(CCO)CC2)cc1. The van der Waals surface area contributed by atoms with E-state index in [9.17, 15) is 18.0 Å². The van der Waals surface area contributed by atoms with E-state index in [2.05, 4.69) is 5.32 Å². The monoisotopic (exact) mass is 422 g/mol. The number of sulfonamides is 1. The van der Waals surface area contributed by atoms with E-state index in [1.807, 2.05) is 11.8 Å². The minimum atomic E-state index is -3.97. The lowest BCUT2D eigenvalue weighted by Gasteiger charge is -2.36. The molecule has 3 rings (SSSR count). The normalized spacial score (nSPS) is 20.6. The zero-order valence-corrected chi connectivity index (χ0v) is 17.1. The van der Waals surface area contributed by atoms with Gasteiger partial charge in [-0.25, -0.2) is 8.42 Å². The molecule has 29 heavy (non-hydrogen) atoms. The van der Waals surface area contributed by atoms with Gasteiger partial charge in [0.25, 0.3) is 10.0 Å². The van der Waals surface area contributed by atoms with Crippen LogP contribution in [0.1, 0.15) is 12.0 Å². The van der Waals surface area contributed by atoms with Gasteiger partial charge in [-0.3, -0.25) is 18.8 Å². The zero-order chi connectivity index (χ0) is 21.0. The van der Waals surface area contributed by atoms with Crippen molar-refractivity contribution in [2.24, 2.45) is 0 Å². The van der Waals surface area contributed by atoms with Gasteiger partial charge in [-0.15, -0.1) is 0 Å². The predicted octanol–water partition coefficient (Wildman–Crippen LogP) is -0.518. The molecule has 0 radical (unpaired) electrons. The molecule has 1 aromatic rings. The Bertz CT molecular complexity index is 876. The molecule has 0 aliphatic carbocycles. The third-order valence-corrected chi connectivity index (χ3v) is 6.96. The smallest absolute Gasteiger partial charge is 0.264 e. The Hall–Kier alpha value is -2.43. The lowest BCUT2D eigenvalue weighted by Crippen LogP contribution is -2.54. The molecule has 2 aliphatic rings. The molecule has 0 spiro atoms. The van der Waals surface area contributed by atoms with Crippen molar-refractivity contribution in [3.63, 3.8) is 0 Å². The van der Waals surface area contributed by atoms with Crippen LogP contribution >= 0.6 is 0 Å². The highest BCUT2D eigenvalue weighted by Gasteiger charge is 2.38. The number of aliphatic hydroxyl groups is 1. The highest BCUT2D eigenvalue weighted by molar-refractivity contribution is 7.89. The standard InChI is InChI=1S/C19H26N4O5S/c1-15-2-4-16(5-3-15)29(27,28)23-7-6-20-19(26)17(23)14-18(25)22-10-8-21(9-11-22)12-13-24/h2-7,17,24H,8-14H2,1H3,(H,20,26)/t17-/m1/s1. The van der Waals surface area contributed by atoms with Gasteiger partial charge in [-0.2, -0.15) is 0 Å². The van der Waals surface area contributed by atoms with Crippen LogP contribution in [-0.2, 0) is 19.6 Å². The maximum Gasteiger partial charge on any atom is 0.264 e. The number of aliphatic hydroxyl groups excluding tert-OH is 1.